The Morgan fingerprint density at radius 1 is 1.17 bits per heavy atom. The predicted molar refractivity (Wildman–Crippen MR) is 82.9 cm³/mol. The number of fused-ring (bicyclic) bond motifs is 1. The number of halogens is 1. The number of carbonyl (C=O) groups is 1. The van der Waals surface area contributed by atoms with Gasteiger partial charge in [-0.05, 0) is 42.5 Å². The summed E-state index contributed by atoms with van der Waals surface area (Å²) in [6, 6.07) is 11.7. The molecule has 0 aliphatic rings. The Balaban J connectivity index is 1.94. The summed E-state index contributed by atoms with van der Waals surface area (Å²) in [4.78, 5) is 11.5. The second kappa shape index (κ2) is 6.22. The predicted octanol–water partition coefficient (Wildman–Crippen LogP) is 3.04. The summed E-state index contributed by atoms with van der Waals surface area (Å²) in [5.74, 6) is -0.0578. The van der Waals surface area contributed by atoms with Gasteiger partial charge in [0.25, 0.3) is 0 Å². The number of aromatic carboxylic acids is 1. The minimum atomic E-state index is -1.33. The van der Waals surface area contributed by atoms with Crippen LogP contribution >= 0.6 is 11.6 Å². The molecule has 1 aromatic heterocycles. The lowest BCUT2D eigenvalue weighted by Crippen LogP contribution is -2.23. The van der Waals surface area contributed by atoms with Crippen molar-refractivity contribution in [1.29, 1.82) is 0 Å². The number of methoxy groups -OCH3 is 1. The van der Waals surface area contributed by atoms with Crippen molar-refractivity contribution < 1.29 is 23.8 Å². The van der Waals surface area contributed by atoms with Gasteiger partial charge in [0.1, 0.15) is 23.7 Å². The van der Waals surface area contributed by atoms with Gasteiger partial charge in [-0.15, -0.1) is 0 Å². The van der Waals surface area contributed by atoms with E-state index in [9.17, 15) is 9.90 Å². The lowest BCUT2D eigenvalue weighted by molar-refractivity contribution is -0.255. The highest BCUT2D eigenvalue weighted by molar-refractivity contribution is 6.30. The van der Waals surface area contributed by atoms with Gasteiger partial charge in [-0.1, -0.05) is 11.6 Å². The molecule has 23 heavy (non-hydrogen) atoms. The normalized spacial score (nSPS) is 10.7. The van der Waals surface area contributed by atoms with Crippen LogP contribution in [0.15, 0.2) is 46.9 Å². The van der Waals surface area contributed by atoms with Crippen LogP contribution in [0, 0.1) is 0 Å². The number of ether oxygens (including phenoxy) is 2. The molecule has 0 saturated carbocycles. The van der Waals surface area contributed by atoms with Crippen LogP contribution in [0.5, 0.6) is 11.5 Å². The molecular weight excluding hydrogens is 320 g/mol. The number of hydrogen-bond acceptors (Lipinski definition) is 5. The third-order valence-electron chi connectivity index (χ3n) is 3.36. The lowest BCUT2D eigenvalue weighted by Gasteiger charge is -2.07. The molecule has 0 N–H and O–H groups in total. The molecule has 0 radical (unpaired) electrons. The molecule has 0 atom stereocenters. The molecule has 3 rings (SSSR count). The largest absolute Gasteiger partial charge is 0.545 e. The first-order valence-corrected chi connectivity index (χ1v) is 7.15. The molecule has 0 spiro atoms. The minimum absolute atomic E-state index is 0.0344. The standard InChI is InChI=1S/C17H13ClO5/c1-21-12-6-7-14-13(8-12)16(17(19)20)15(23-14)9-22-11-4-2-10(18)3-5-11/h2-8H,9H2,1H3,(H,19,20)/p-1. The third-order valence-corrected chi connectivity index (χ3v) is 3.61. The fourth-order valence-corrected chi connectivity index (χ4v) is 2.39. The van der Waals surface area contributed by atoms with Crippen LogP contribution in [0.2, 0.25) is 5.02 Å². The van der Waals surface area contributed by atoms with Gasteiger partial charge < -0.3 is 23.8 Å². The molecule has 0 saturated heterocycles. The number of carboxylic acids is 1. The van der Waals surface area contributed by atoms with E-state index in [2.05, 4.69) is 0 Å². The number of rotatable bonds is 5. The molecule has 118 valence electrons. The second-order valence-electron chi connectivity index (χ2n) is 4.79. The van der Waals surface area contributed by atoms with E-state index in [-0.39, 0.29) is 17.9 Å². The molecule has 3 aromatic rings. The fraction of sp³-hybridized carbons (Fsp3) is 0.118. The van der Waals surface area contributed by atoms with E-state index < -0.39 is 5.97 Å². The van der Waals surface area contributed by atoms with Gasteiger partial charge >= 0.3 is 0 Å². The van der Waals surface area contributed by atoms with Crippen LogP contribution < -0.4 is 14.6 Å². The first-order valence-electron chi connectivity index (χ1n) is 6.77. The highest BCUT2D eigenvalue weighted by Gasteiger charge is 2.16. The first kappa shape index (κ1) is 15.2. The van der Waals surface area contributed by atoms with Crippen LogP contribution in [-0.4, -0.2) is 13.1 Å². The molecule has 0 unspecified atom stereocenters. The average Bonchev–Trinajstić information content (AvgIpc) is 2.91. The molecule has 0 fully saturated rings. The zero-order valence-corrected chi connectivity index (χ0v) is 12.9. The van der Waals surface area contributed by atoms with E-state index in [1.807, 2.05) is 0 Å². The van der Waals surface area contributed by atoms with Gasteiger partial charge in [-0.25, -0.2) is 0 Å². The minimum Gasteiger partial charge on any atom is -0.545 e. The summed E-state index contributed by atoms with van der Waals surface area (Å²) in [5.41, 5.74) is 0.396. The van der Waals surface area contributed by atoms with Crippen molar-refractivity contribution in [2.45, 2.75) is 6.61 Å². The van der Waals surface area contributed by atoms with E-state index in [1.165, 1.54) is 7.11 Å². The number of benzene rings is 2. The monoisotopic (exact) mass is 331 g/mol. The molecule has 0 aliphatic heterocycles. The Morgan fingerprint density at radius 3 is 2.52 bits per heavy atom. The SMILES string of the molecule is COc1ccc2oc(COc3ccc(Cl)cc3)c(C(=O)[O-])c2c1. The van der Waals surface area contributed by atoms with Crippen LogP contribution in [0.1, 0.15) is 16.1 Å². The first-order chi connectivity index (χ1) is 11.1. The number of carbonyl (C=O) groups excluding carboxylic acids is 1. The van der Waals surface area contributed by atoms with E-state index in [4.69, 9.17) is 25.5 Å². The number of carboxylic acid groups (broad SMARTS) is 1. The Labute approximate surface area is 137 Å². The smallest absolute Gasteiger partial charge is 0.151 e. The van der Waals surface area contributed by atoms with E-state index in [0.29, 0.717) is 27.5 Å². The molecule has 0 amide bonds. The molecule has 1 heterocycles. The molecule has 5 nitrogen and oxygen atoms in total. The van der Waals surface area contributed by atoms with Crippen LogP contribution in [0.25, 0.3) is 11.0 Å². The van der Waals surface area contributed by atoms with Crippen LogP contribution in [0.3, 0.4) is 0 Å². The van der Waals surface area contributed by atoms with Gasteiger partial charge in [0, 0.05) is 10.4 Å². The Hall–Kier alpha value is -2.66. The second-order valence-corrected chi connectivity index (χ2v) is 5.23. The molecule has 0 bridgehead atoms. The van der Waals surface area contributed by atoms with Crippen LogP contribution in [-0.2, 0) is 6.61 Å². The summed E-state index contributed by atoms with van der Waals surface area (Å²) in [7, 11) is 1.50. The van der Waals surface area contributed by atoms with Crippen molar-refractivity contribution in [3.05, 3.63) is 58.8 Å². The Bertz CT molecular complexity index is 851. The van der Waals surface area contributed by atoms with Gasteiger partial charge in [-0.3, -0.25) is 0 Å². The summed E-state index contributed by atoms with van der Waals surface area (Å²) < 4.78 is 16.2. The van der Waals surface area contributed by atoms with Gasteiger partial charge in [-0.2, -0.15) is 0 Å². The topological polar surface area (TPSA) is 71.7 Å². The van der Waals surface area contributed by atoms with Crippen molar-refractivity contribution >= 4 is 28.5 Å². The summed E-state index contributed by atoms with van der Waals surface area (Å²) in [6.45, 7) is -0.0397. The molecular formula is C17H12ClO5-. The lowest BCUT2D eigenvalue weighted by atomic mass is 10.1. The average molecular weight is 332 g/mol. The van der Waals surface area contributed by atoms with Crippen molar-refractivity contribution in [3.8, 4) is 11.5 Å². The van der Waals surface area contributed by atoms with Gasteiger partial charge in [0.05, 0.1) is 18.6 Å². The van der Waals surface area contributed by atoms with Crippen molar-refractivity contribution in [3.63, 3.8) is 0 Å². The third kappa shape index (κ3) is 3.10. The quantitative estimate of drug-likeness (QED) is 0.718. The van der Waals surface area contributed by atoms with E-state index in [0.717, 1.165) is 0 Å². The molecule has 0 aliphatic carbocycles. The zero-order chi connectivity index (χ0) is 16.4. The van der Waals surface area contributed by atoms with E-state index >= 15 is 0 Å². The van der Waals surface area contributed by atoms with Gasteiger partial charge in [0.2, 0.25) is 0 Å². The number of hydrogen-bond donors (Lipinski definition) is 0. The molecule has 6 heteroatoms. The summed E-state index contributed by atoms with van der Waals surface area (Å²) in [6.07, 6.45) is 0. The van der Waals surface area contributed by atoms with Crippen molar-refractivity contribution in [2.75, 3.05) is 7.11 Å². The van der Waals surface area contributed by atoms with Gasteiger partial charge in [0.15, 0.2) is 5.76 Å². The van der Waals surface area contributed by atoms with Crippen molar-refractivity contribution in [1.82, 2.24) is 0 Å². The fourth-order valence-electron chi connectivity index (χ4n) is 2.26. The maximum Gasteiger partial charge on any atom is 0.151 e. The Kier molecular flexibility index (Phi) is 4.12. The Morgan fingerprint density at radius 2 is 1.87 bits per heavy atom. The summed E-state index contributed by atoms with van der Waals surface area (Å²) in [5, 5.41) is 12.5. The highest BCUT2D eigenvalue weighted by atomic mass is 35.5. The highest BCUT2D eigenvalue weighted by Crippen LogP contribution is 2.30. The van der Waals surface area contributed by atoms with Crippen molar-refractivity contribution in [2.24, 2.45) is 0 Å². The maximum absolute atomic E-state index is 11.5. The van der Waals surface area contributed by atoms with E-state index in [1.54, 1.807) is 42.5 Å². The number of furan rings is 1. The zero-order valence-electron chi connectivity index (χ0n) is 12.2. The summed E-state index contributed by atoms with van der Waals surface area (Å²) >= 11 is 5.81. The van der Waals surface area contributed by atoms with Crippen LogP contribution in [0.4, 0.5) is 0 Å². The molecule has 2 aromatic carbocycles. The maximum atomic E-state index is 11.5.